The van der Waals surface area contributed by atoms with Crippen molar-refractivity contribution in [2.24, 2.45) is 0 Å². The fourth-order valence-electron chi connectivity index (χ4n) is 2.73. The standard InChI is InChI=1S/C17H13N3O4S/c18-13-11-8-4-5-9-12(11)14-15(20-17(19-14)25(21,22)23)16(13)24-10-6-2-1-3-7-10/h1-9H,18H2,(H,19,20)(H,21,22,23). The normalized spacial score (nSPS) is 11.9. The SMILES string of the molecule is Nc1c(Oc2ccccc2)c2[nH]c(S(=O)(=O)O)nc2c2ccccc12. The molecule has 0 spiro atoms. The number of H-pyrrole nitrogens is 1. The molecule has 0 radical (unpaired) electrons. The maximum Gasteiger partial charge on any atom is 0.328 e. The molecule has 0 aliphatic rings. The summed E-state index contributed by atoms with van der Waals surface area (Å²) in [6.45, 7) is 0. The third-order valence-corrected chi connectivity index (χ3v) is 4.52. The molecule has 3 aromatic carbocycles. The molecule has 4 rings (SSSR count). The number of ether oxygens (including phenoxy) is 1. The van der Waals surface area contributed by atoms with Crippen LogP contribution >= 0.6 is 0 Å². The molecule has 0 atom stereocenters. The second-order valence-corrected chi connectivity index (χ2v) is 6.78. The number of nitrogens with one attached hydrogen (secondary N) is 1. The van der Waals surface area contributed by atoms with E-state index in [1.165, 1.54) is 0 Å². The Morgan fingerprint density at radius 3 is 2.32 bits per heavy atom. The number of anilines is 1. The lowest BCUT2D eigenvalue weighted by molar-refractivity contribution is 0.475. The van der Waals surface area contributed by atoms with Crippen LogP contribution in [0, 0.1) is 0 Å². The van der Waals surface area contributed by atoms with Crippen LogP contribution in [-0.4, -0.2) is 22.9 Å². The summed E-state index contributed by atoms with van der Waals surface area (Å²) in [7, 11) is -4.50. The van der Waals surface area contributed by atoms with Crippen LogP contribution in [-0.2, 0) is 10.1 Å². The van der Waals surface area contributed by atoms with E-state index in [0.717, 1.165) is 0 Å². The maximum absolute atomic E-state index is 11.5. The zero-order valence-corrected chi connectivity index (χ0v) is 13.6. The Kier molecular flexibility index (Phi) is 3.38. The van der Waals surface area contributed by atoms with Gasteiger partial charge in [0.1, 0.15) is 16.8 Å². The van der Waals surface area contributed by atoms with Gasteiger partial charge in [0, 0.05) is 10.8 Å². The van der Waals surface area contributed by atoms with Gasteiger partial charge >= 0.3 is 10.1 Å². The fourth-order valence-corrected chi connectivity index (χ4v) is 3.16. The van der Waals surface area contributed by atoms with Gasteiger partial charge in [-0.05, 0) is 12.1 Å². The van der Waals surface area contributed by atoms with E-state index in [0.29, 0.717) is 33.2 Å². The monoisotopic (exact) mass is 355 g/mol. The molecule has 8 heteroatoms. The molecule has 1 aromatic heterocycles. The van der Waals surface area contributed by atoms with E-state index in [2.05, 4.69) is 9.97 Å². The zero-order valence-electron chi connectivity index (χ0n) is 12.8. The predicted octanol–water partition coefficient (Wildman–Crippen LogP) is 3.34. The third kappa shape index (κ3) is 2.57. The molecule has 4 aromatic rings. The molecule has 0 unspecified atom stereocenters. The van der Waals surface area contributed by atoms with Gasteiger partial charge in [-0.3, -0.25) is 4.55 Å². The topological polar surface area (TPSA) is 118 Å². The number of fused-ring (bicyclic) bond motifs is 3. The maximum atomic E-state index is 11.5. The van der Waals surface area contributed by atoms with Crippen molar-refractivity contribution in [3.8, 4) is 11.5 Å². The Bertz CT molecular complexity index is 1200. The molecule has 0 aliphatic carbocycles. The lowest BCUT2D eigenvalue weighted by atomic mass is 10.1. The van der Waals surface area contributed by atoms with Crippen molar-refractivity contribution in [1.29, 1.82) is 0 Å². The van der Waals surface area contributed by atoms with Crippen LogP contribution in [0.5, 0.6) is 11.5 Å². The van der Waals surface area contributed by atoms with Crippen molar-refractivity contribution in [2.75, 3.05) is 5.73 Å². The number of nitrogens with two attached hydrogens (primary N) is 1. The Labute approximate surface area is 142 Å². The summed E-state index contributed by atoms with van der Waals surface area (Å²) in [6.07, 6.45) is 0. The number of nitrogen functional groups attached to an aromatic ring is 1. The van der Waals surface area contributed by atoms with Crippen molar-refractivity contribution in [2.45, 2.75) is 5.16 Å². The van der Waals surface area contributed by atoms with Crippen molar-refractivity contribution < 1.29 is 17.7 Å². The van der Waals surface area contributed by atoms with Gasteiger partial charge in [0.2, 0.25) is 0 Å². The van der Waals surface area contributed by atoms with Crippen molar-refractivity contribution >= 4 is 37.6 Å². The highest BCUT2D eigenvalue weighted by Crippen LogP contribution is 2.41. The Morgan fingerprint density at radius 1 is 1.00 bits per heavy atom. The Balaban J connectivity index is 2.08. The Morgan fingerprint density at radius 2 is 1.64 bits per heavy atom. The van der Waals surface area contributed by atoms with Crippen molar-refractivity contribution in [3.63, 3.8) is 0 Å². The van der Waals surface area contributed by atoms with Gasteiger partial charge in [0.05, 0.1) is 5.69 Å². The minimum atomic E-state index is -4.50. The zero-order chi connectivity index (χ0) is 17.6. The van der Waals surface area contributed by atoms with Crippen molar-refractivity contribution in [1.82, 2.24) is 9.97 Å². The van der Waals surface area contributed by atoms with Gasteiger partial charge < -0.3 is 15.5 Å². The molecule has 0 saturated heterocycles. The number of aromatic nitrogens is 2. The number of hydrogen-bond acceptors (Lipinski definition) is 5. The van der Waals surface area contributed by atoms with E-state index >= 15 is 0 Å². The van der Waals surface area contributed by atoms with Gasteiger partial charge in [-0.15, -0.1) is 0 Å². The smallest absolute Gasteiger partial charge is 0.328 e. The van der Waals surface area contributed by atoms with Crippen LogP contribution in [0.25, 0.3) is 21.8 Å². The molecule has 0 fully saturated rings. The third-order valence-electron chi connectivity index (χ3n) is 3.83. The summed E-state index contributed by atoms with van der Waals surface area (Å²) in [5.74, 6) is 0.788. The fraction of sp³-hybridized carbons (Fsp3) is 0. The van der Waals surface area contributed by atoms with E-state index in [9.17, 15) is 13.0 Å². The highest BCUT2D eigenvalue weighted by molar-refractivity contribution is 7.85. The number of benzene rings is 3. The van der Waals surface area contributed by atoms with Crippen LogP contribution in [0.2, 0.25) is 0 Å². The molecule has 0 amide bonds. The minimum absolute atomic E-state index is 0.252. The van der Waals surface area contributed by atoms with Crippen LogP contribution in [0.3, 0.4) is 0 Å². The van der Waals surface area contributed by atoms with E-state index in [1.54, 1.807) is 42.5 Å². The van der Waals surface area contributed by atoms with Crippen LogP contribution < -0.4 is 10.5 Å². The van der Waals surface area contributed by atoms with Gasteiger partial charge in [-0.2, -0.15) is 8.42 Å². The summed E-state index contributed by atoms with van der Waals surface area (Å²) in [4.78, 5) is 6.63. The van der Waals surface area contributed by atoms with Gasteiger partial charge in [0.15, 0.2) is 5.75 Å². The molecule has 4 N–H and O–H groups in total. The second kappa shape index (κ2) is 5.47. The lowest BCUT2D eigenvalue weighted by Gasteiger charge is -2.12. The van der Waals surface area contributed by atoms with E-state index in [4.69, 9.17) is 10.5 Å². The number of para-hydroxylation sites is 1. The first-order valence-corrected chi connectivity index (χ1v) is 8.79. The van der Waals surface area contributed by atoms with Crippen LogP contribution in [0.1, 0.15) is 0 Å². The molecule has 1 heterocycles. The summed E-state index contributed by atoms with van der Waals surface area (Å²) >= 11 is 0. The quantitative estimate of drug-likeness (QED) is 0.383. The van der Waals surface area contributed by atoms with Crippen LogP contribution in [0.15, 0.2) is 59.8 Å². The first-order valence-electron chi connectivity index (χ1n) is 7.35. The number of hydrogen-bond donors (Lipinski definition) is 3. The molecule has 0 aliphatic heterocycles. The van der Waals surface area contributed by atoms with Crippen LogP contribution in [0.4, 0.5) is 5.69 Å². The predicted molar refractivity (Wildman–Crippen MR) is 94.3 cm³/mol. The molecule has 0 bridgehead atoms. The molecule has 25 heavy (non-hydrogen) atoms. The van der Waals surface area contributed by atoms with Gasteiger partial charge in [-0.1, -0.05) is 42.5 Å². The lowest BCUT2D eigenvalue weighted by Crippen LogP contribution is -1.99. The largest absolute Gasteiger partial charge is 0.453 e. The first kappa shape index (κ1) is 15.4. The summed E-state index contributed by atoms with van der Waals surface area (Å²) < 4.78 is 38.2. The molecule has 126 valence electrons. The number of imidazole rings is 1. The number of aromatic amines is 1. The molecular weight excluding hydrogens is 342 g/mol. The number of nitrogens with zero attached hydrogens (tertiary/aromatic N) is 1. The van der Waals surface area contributed by atoms with E-state index in [1.807, 2.05) is 12.1 Å². The molecule has 0 saturated carbocycles. The first-order chi connectivity index (χ1) is 11.9. The average Bonchev–Trinajstić information content (AvgIpc) is 3.05. The Hall–Kier alpha value is -3.10. The van der Waals surface area contributed by atoms with Crippen molar-refractivity contribution in [3.05, 3.63) is 54.6 Å². The summed E-state index contributed by atoms with van der Waals surface area (Å²) in [6, 6.07) is 16.1. The highest BCUT2D eigenvalue weighted by atomic mass is 32.2. The van der Waals surface area contributed by atoms with E-state index < -0.39 is 15.3 Å². The molecule has 7 nitrogen and oxygen atoms in total. The second-order valence-electron chi connectivity index (χ2n) is 5.44. The summed E-state index contributed by atoms with van der Waals surface area (Å²) in [5, 5.41) is 0.770. The average molecular weight is 355 g/mol. The summed E-state index contributed by atoms with van der Waals surface area (Å²) in [5.41, 5.74) is 7.26. The molecular formula is C17H13N3O4S. The van der Waals surface area contributed by atoms with E-state index in [-0.39, 0.29) is 5.75 Å². The highest BCUT2D eigenvalue weighted by Gasteiger charge is 2.22. The van der Waals surface area contributed by atoms with Gasteiger partial charge in [-0.25, -0.2) is 4.98 Å². The number of rotatable bonds is 3. The van der Waals surface area contributed by atoms with Gasteiger partial charge in [0.25, 0.3) is 5.16 Å². The minimum Gasteiger partial charge on any atom is -0.453 e.